The third kappa shape index (κ3) is 6.88. The summed E-state index contributed by atoms with van der Waals surface area (Å²) in [5, 5.41) is 23.0. The lowest BCUT2D eigenvalue weighted by Crippen LogP contribution is -2.32. The molecule has 0 saturated heterocycles. The zero-order chi connectivity index (χ0) is 23.8. The van der Waals surface area contributed by atoms with Crippen molar-refractivity contribution in [2.24, 2.45) is 0 Å². The van der Waals surface area contributed by atoms with Crippen LogP contribution in [0.4, 0.5) is 4.39 Å². The third-order valence-corrected chi connectivity index (χ3v) is 5.40. The van der Waals surface area contributed by atoms with E-state index in [9.17, 15) is 19.4 Å². The Kier molecular flexibility index (Phi) is 8.58. The first kappa shape index (κ1) is 24.4. The van der Waals surface area contributed by atoms with E-state index in [2.05, 4.69) is 5.32 Å². The van der Waals surface area contributed by atoms with Crippen LogP contribution in [0.25, 0.3) is 11.1 Å². The number of halogens is 1. The minimum atomic E-state index is -1.01. The summed E-state index contributed by atoms with van der Waals surface area (Å²) in [7, 11) is 0. The van der Waals surface area contributed by atoms with Gasteiger partial charge in [0.15, 0.2) is 0 Å². The van der Waals surface area contributed by atoms with Crippen molar-refractivity contribution in [1.29, 1.82) is 0 Å². The molecule has 1 unspecified atom stereocenters. The molecule has 0 aromatic heterocycles. The number of carbonyl (C=O) groups is 1. The number of rotatable bonds is 11. The first-order chi connectivity index (χ1) is 15.9. The topological polar surface area (TPSA) is 78.8 Å². The van der Waals surface area contributed by atoms with E-state index in [-0.39, 0.29) is 17.4 Å². The minimum Gasteiger partial charge on any atom is -0.493 e. The van der Waals surface area contributed by atoms with Crippen LogP contribution < -0.4 is 10.1 Å². The summed E-state index contributed by atoms with van der Waals surface area (Å²) in [6.07, 6.45) is 0.783. The normalized spacial score (nSPS) is 12.8. The number of carboxylic acids is 1. The van der Waals surface area contributed by atoms with E-state index in [1.54, 1.807) is 30.3 Å². The maximum atomic E-state index is 13.3. The Morgan fingerprint density at radius 2 is 1.79 bits per heavy atom. The van der Waals surface area contributed by atoms with Gasteiger partial charge in [0.25, 0.3) is 0 Å². The molecule has 3 rings (SSSR count). The molecule has 0 aliphatic carbocycles. The maximum absolute atomic E-state index is 13.3. The van der Waals surface area contributed by atoms with Gasteiger partial charge in [-0.15, -0.1) is 0 Å². The zero-order valence-electron chi connectivity index (χ0n) is 18.9. The van der Waals surface area contributed by atoms with E-state index in [0.717, 1.165) is 29.5 Å². The van der Waals surface area contributed by atoms with Gasteiger partial charge in [0.2, 0.25) is 0 Å². The predicted molar refractivity (Wildman–Crippen MR) is 127 cm³/mol. The highest BCUT2D eigenvalue weighted by atomic mass is 19.1. The summed E-state index contributed by atoms with van der Waals surface area (Å²) in [5.74, 6) is -0.992. The largest absolute Gasteiger partial charge is 0.493 e. The highest BCUT2D eigenvalue weighted by molar-refractivity contribution is 5.92. The van der Waals surface area contributed by atoms with Crippen molar-refractivity contribution in [2.75, 3.05) is 13.2 Å². The fourth-order valence-electron chi connectivity index (χ4n) is 3.61. The SMILES string of the molecule is CCCOc1cc(-c2ccc(CC(C)NC[C@H](O)c3cccc(F)c3)cc2)ccc1C(=O)O. The monoisotopic (exact) mass is 451 g/mol. The van der Waals surface area contributed by atoms with E-state index in [1.165, 1.54) is 12.1 Å². The molecule has 0 aliphatic heterocycles. The molecule has 3 aromatic carbocycles. The van der Waals surface area contributed by atoms with Crippen LogP contribution >= 0.6 is 0 Å². The molecule has 174 valence electrons. The van der Waals surface area contributed by atoms with Crippen molar-refractivity contribution in [3.8, 4) is 16.9 Å². The Labute approximate surface area is 193 Å². The molecule has 0 aliphatic rings. The molecular weight excluding hydrogens is 421 g/mol. The van der Waals surface area contributed by atoms with Gasteiger partial charge in [-0.25, -0.2) is 9.18 Å². The lowest BCUT2D eigenvalue weighted by atomic mass is 9.99. The van der Waals surface area contributed by atoms with Gasteiger partial charge in [0.05, 0.1) is 12.7 Å². The molecule has 6 heteroatoms. The number of benzene rings is 3. The van der Waals surface area contributed by atoms with Crippen molar-refractivity contribution >= 4 is 5.97 Å². The summed E-state index contributed by atoms with van der Waals surface area (Å²) in [4.78, 5) is 11.5. The molecule has 2 atom stereocenters. The van der Waals surface area contributed by atoms with Gasteiger partial charge in [-0.05, 0) is 66.3 Å². The Bertz CT molecular complexity index is 1070. The number of hydrogen-bond acceptors (Lipinski definition) is 4. The summed E-state index contributed by atoms with van der Waals surface area (Å²) in [5.41, 5.74) is 3.70. The van der Waals surface area contributed by atoms with Crippen molar-refractivity contribution in [3.05, 3.63) is 89.2 Å². The van der Waals surface area contributed by atoms with E-state index in [1.807, 2.05) is 38.1 Å². The van der Waals surface area contributed by atoms with Crippen LogP contribution in [-0.4, -0.2) is 35.4 Å². The molecular formula is C27H30FNO4. The summed E-state index contributed by atoms with van der Waals surface area (Å²) in [6, 6.07) is 19.3. The van der Waals surface area contributed by atoms with Gasteiger partial charge < -0.3 is 20.3 Å². The smallest absolute Gasteiger partial charge is 0.339 e. The first-order valence-corrected chi connectivity index (χ1v) is 11.1. The molecule has 0 fully saturated rings. The minimum absolute atomic E-state index is 0.114. The average Bonchev–Trinajstić information content (AvgIpc) is 2.81. The molecule has 5 nitrogen and oxygen atoms in total. The van der Waals surface area contributed by atoms with Crippen LogP contribution in [0.2, 0.25) is 0 Å². The molecule has 0 saturated carbocycles. The predicted octanol–water partition coefficient (Wildman–Crippen LogP) is 5.23. The molecule has 0 spiro atoms. The molecule has 33 heavy (non-hydrogen) atoms. The summed E-state index contributed by atoms with van der Waals surface area (Å²) < 4.78 is 19.0. The maximum Gasteiger partial charge on any atom is 0.339 e. The second kappa shape index (κ2) is 11.6. The Hall–Kier alpha value is -3.22. The number of aliphatic hydroxyl groups is 1. The van der Waals surface area contributed by atoms with E-state index in [0.29, 0.717) is 24.5 Å². The van der Waals surface area contributed by atoms with Crippen LogP contribution in [0.3, 0.4) is 0 Å². The number of nitrogens with one attached hydrogen (secondary N) is 1. The quantitative estimate of drug-likeness (QED) is 0.372. The van der Waals surface area contributed by atoms with Crippen molar-refractivity contribution < 1.29 is 24.1 Å². The standard InChI is InChI=1S/C27H30FNO4/c1-3-13-33-26-16-21(11-12-24(26)27(31)32)20-9-7-19(8-10-20)14-18(2)29-17-25(30)22-5-4-6-23(28)15-22/h4-12,15-16,18,25,29-30H,3,13-14,17H2,1-2H3,(H,31,32)/t18?,25-/m0/s1. The van der Waals surface area contributed by atoms with Crippen LogP contribution in [0, 0.1) is 5.82 Å². The lowest BCUT2D eigenvalue weighted by molar-refractivity contribution is 0.0692. The van der Waals surface area contributed by atoms with Gasteiger partial charge in [-0.1, -0.05) is 49.4 Å². The van der Waals surface area contributed by atoms with Crippen LogP contribution in [0.5, 0.6) is 5.75 Å². The van der Waals surface area contributed by atoms with Crippen LogP contribution in [-0.2, 0) is 6.42 Å². The van der Waals surface area contributed by atoms with Crippen molar-refractivity contribution in [3.63, 3.8) is 0 Å². The van der Waals surface area contributed by atoms with E-state index in [4.69, 9.17) is 4.74 Å². The Balaban J connectivity index is 1.61. The van der Waals surface area contributed by atoms with Gasteiger partial charge in [0, 0.05) is 12.6 Å². The molecule has 0 amide bonds. The van der Waals surface area contributed by atoms with Gasteiger partial charge in [-0.2, -0.15) is 0 Å². The summed E-state index contributed by atoms with van der Waals surface area (Å²) in [6.45, 7) is 4.80. The molecule has 0 radical (unpaired) electrons. The molecule has 0 bridgehead atoms. The lowest BCUT2D eigenvalue weighted by Gasteiger charge is -2.18. The molecule has 3 aromatic rings. The fourth-order valence-corrected chi connectivity index (χ4v) is 3.61. The number of ether oxygens (including phenoxy) is 1. The van der Waals surface area contributed by atoms with Gasteiger partial charge >= 0.3 is 5.97 Å². The number of aliphatic hydroxyl groups excluding tert-OH is 1. The molecule has 0 heterocycles. The van der Waals surface area contributed by atoms with E-state index < -0.39 is 12.1 Å². The first-order valence-electron chi connectivity index (χ1n) is 11.1. The average molecular weight is 452 g/mol. The van der Waals surface area contributed by atoms with E-state index >= 15 is 0 Å². The van der Waals surface area contributed by atoms with Crippen LogP contribution in [0.1, 0.15) is 47.9 Å². The van der Waals surface area contributed by atoms with Gasteiger partial charge in [-0.3, -0.25) is 0 Å². The number of hydrogen-bond donors (Lipinski definition) is 3. The highest BCUT2D eigenvalue weighted by Crippen LogP contribution is 2.28. The number of carboxylic acid groups (broad SMARTS) is 1. The van der Waals surface area contributed by atoms with Crippen LogP contribution in [0.15, 0.2) is 66.7 Å². The second-order valence-electron chi connectivity index (χ2n) is 8.15. The fraction of sp³-hybridized carbons (Fsp3) is 0.296. The van der Waals surface area contributed by atoms with Gasteiger partial charge in [0.1, 0.15) is 17.1 Å². The van der Waals surface area contributed by atoms with Crippen molar-refractivity contribution in [2.45, 2.75) is 38.8 Å². The second-order valence-corrected chi connectivity index (χ2v) is 8.15. The number of aromatic carboxylic acids is 1. The summed E-state index contributed by atoms with van der Waals surface area (Å²) >= 11 is 0. The zero-order valence-corrected chi connectivity index (χ0v) is 18.9. The Morgan fingerprint density at radius 3 is 2.45 bits per heavy atom. The molecule has 3 N–H and O–H groups in total. The van der Waals surface area contributed by atoms with Crippen molar-refractivity contribution in [1.82, 2.24) is 5.32 Å². The third-order valence-electron chi connectivity index (χ3n) is 5.40. The highest BCUT2D eigenvalue weighted by Gasteiger charge is 2.14. The Morgan fingerprint density at radius 1 is 1.06 bits per heavy atom.